The van der Waals surface area contributed by atoms with Gasteiger partial charge in [-0.3, -0.25) is 4.90 Å². The Morgan fingerprint density at radius 1 is 1.24 bits per heavy atom. The van der Waals surface area contributed by atoms with E-state index in [9.17, 15) is 0 Å². The third-order valence-electron chi connectivity index (χ3n) is 4.42. The van der Waals surface area contributed by atoms with Gasteiger partial charge in [0.15, 0.2) is 0 Å². The zero-order valence-electron chi connectivity index (χ0n) is 12.9. The summed E-state index contributed by atoms with van der Waals surface area (Å²) < 4.78 is 2.23. The van der Waals surface area contributed by atoms with Gasteiger partial charge >= 0.3 is 0 Å². The van der Waals surface area contributed by atoms with Gasteiger partial charge in [0, 0.05) is 31.9 Å². The van der Waals surface area contributed by atoms with Crippen LogP contribution in [0, 0.1) is 0 Å². The molecule has 0 fully saturated rings. The average molecular weight is 284 g/mol. The molecule has 1 aromatic heterocycles. The molecule has 1 unspecified atom stereocenters. The van der Waals surface area contributed by atoms with E-state index in [0.717, 1.165) is 19.5 Å². The second-order valence-corrected chi connectivity index (χ2v) is 6.06. The Morgan fingerprint density at radius 3 is 2.71 bits per heavy atom. The number of aromatic nitrogens is 2. The maximum atomic E-state index is 6.10. The minimum Gasteiger partial charge on any atom is -0.331 e. The molecule has 1 atom stereocenters. The van der Waals surface area contributed by atoms with Gasteiger partial charge in [-0.15, -0.1) is 0 Å². The van der Waals surface area contributed by atoms with Crippen LogP contribution >= 0.6 is 0 Å². The highest BCUT2D eigenvalue weighted by Gasteiger charge is 2.26. The van der Waals surface area contributed by atoms with E-state index in [0.29, 0.717) is 12.6 Å². The highest BCUT2D eigenvalue weighted by molar-refractivity contribution is 5.29. The fourth-order valence-electron chi connectivity index (χ4n) is 3.24. The first-order valence-corrected chi connectivity index (χ1v) is 7.73. The summed E-state index contributed by atoms with van der Waals surface area (Å²) >= 11 is 0. The van der Waals surface area contributed by atoms with Gasteiger partial charge in [-0.1, -0.05) is 24.3 Å². The topological polar surface area (TPSA) is 47.1 Å². The first-order valence-electron chi connectivity index (χ1n) is 7.73. The molecule has 0 saturated heterocycles. The standard InChI is InChI=1S/C17H24N4/c1-13(2)21-12-19-10-17(21)16(9-18)20-8-7-14-5-3-4-6-15(14)11-20/h3-6,10,12-13,16H,7-9,11,18H2,1-2H3. The molecule has 0 saturated carbocycles. The van der Waals surface area contributed by atoms with Crippen molar-refractivity contribution in [2.75, 3.05) is 13.1 Å². The number of nitrogens with zero attached hydrogens (tertiary/aromatic N) is 3. The van der Waals surface area contributed by atoms with E-state index >= 15 is 0 Å². The molecule has 2 heterocycles. The largest absolute Gasteiger partial charge is 0.331 e. The van der Waals surface area contributed by atoms with E-state index in [1.54, 1.807) is 0 Å². The molecule has 1 aliphatic rings. The SMILES string of the molecule is CC(C)n1cncc1C(CN)N1CCc2ccccc2C1. The molecule has 3 rings (SSSR count). The Labute approximate surface area is 126 Å². The van der Waals surface area contributed by atoms with Crippen molar-refractivity contribution in [1.82, 2.24) is 14.5 Å². The zero-order chi connectivity index (χ0) is 14.8. The van der Waals surface area contributed by atoms with Gasteiger partial charge in [-0.2, -0.15) is 0 Å². The van der Waals surface area contributed by atoms with Crippen LogP contribution in [0.2, 0.25) is 0 Å². The number of hydrogen-bond donors (Lipinski definition) is 1. The van der Waals surface area contributed by atoms with Crippen LogP contribution in [0.25, 0.3) is 0 Å². The summed E-state index contributed by atoms with van der Waals surface area (Å²) in [6, 6.07) is 9.37. The summed E-state index contributed by atoms with van der Waals surface area (Å²) in [6.45, 7) is 7.03. The van der Waals surface area contributed by atoms with Crippen molar-refractivity contribution in [2.24, 2.45) is 5.73 Å². The lowest BCUT2D eigenvalue weighted by Gasteiger charge is -2.35. The van der Waals surface area contributed by atoms with Crippen LogP contribution < -0.4 is 5.73 Å². The number of fused-ring (bicyclic) bond motifs is 1. The number of benzene rings is 1. The first kappa shape index (κ1) is 14.3. The molecule has 0 radical (unpaired) electrons. The van der Waals surface area contributed by atoms with Crippen LogP contribution in [0.1, 0.15) is 42.8 Å². The normalized spacial score (nSPS) is 17.0. The molecule has 0 amide bonds. The summed E-state index contributed by atoms with van der Waals surface area (Å²) in [4.78, 5) is 6.82. The quantitative estimate of drug-likeness (QED) is 0.938. The summed E-state index contributed by atoms with van der Waals surface area (Å²) in [7, 11) is 0. The van der Waals surface area contributed by atoms with Gasteiger partial charge in [-0.05, 0) is 31.4 Å². The van der Waals surface area contributed by atoms with Crippen LogP contribution in [-0.2, 0) is 13.0 Å². The van der Waals surface area contributed by atoms with Gasteiger partial charge in [-0.25, -0.2) is 4.98 Å². The van der Waals surface area contributed by atoms with E-state index in [1.807, 2.05) is 12.5 Å². The number of rotatable bonds is 4. The molecule has 0 bridgehead atoms. The molecule has 21 heavy (non-hydrogen) atoms. The van der Waals surface area contributed by atoms with Crippen molar-refractivity contribution in [3.05, 3.63) is 53.6 Å². The Balaban J connectivity index is 1.86. The molecule has 4 nitrogen and oxygen atoms in total. The van der Waals surface area contributed by atoms with E-state index in [2.05, 4.69) is 52.6 Å². The van der Waals surface area contributed by atoms with E-state index < -0.39 is 0 Å². The van der Waals surface area contributed by atoms with Crippen LogP contribution in [0.15, 0.2) is 36.8 Å². The Hall–Kier alpha value is -1.65. The second-order valence-electron chi connectivity index (χ2n) is 6.06. The molecule has 1 aliphatic heterocycles. The van der Waals surface area contributed by atoms with Crippen molar-refractivity contribution in [2.45, 2.75) is 38.9 Å². The molecule has 0 spiro atoms. The lowest BCUT2D eigenvalue weighted by molar-refractivity contribution is 0.175. The number of nitrogens with two attached hydrogens (primary N) is 1. The second kappa shape index (κ2) is 6.00. The molecule has 2 aromatic rings. The minimum absolute atomic E-state index is 0.239. The average Bonchev–Trinajstić information content (AvgIpc) is 2.97. The summed E-state index contributed by atoms with van der Waals surface area (Å²) in [5.41, 5.74) is 10.2. The van der Waals surface area contributed by atoms with E-state index in [1.165, 1.54) is 16.8 Å². The Kier molecular flexibility index (Phi) is 4.08. The van der Waals surface area contributed by atoms with Gasteiger partial charge < -0.3 is 10.3 Å². The van der Waals surface area contributed by atoms with Crippen LogP contribution in [0.3, 0.4) is 0 Å². The smallest absolute Gasteiger partial charge is 0.0951 e. The highest BCUT2D eigenvalue weighted by atomic mass is 15.2. The Bertz CT molecular complexity index is 602. The summed E-state index contributed by atoms with van der Waals surface area (Å²) in [6.07, 6.45) is 4.99. The zero-order valence-corrected chi connectivity index (χ0v) is 12.9. The monoisotopic (exact) mass is 284 g/mol. The first-order chi connectivity index (χ1) is 10.2. The molecule has 2 N–H and O–H groups in total. The fourth-order valence-corrected chi connectivity index (χ4v) is 3.24. The van der Waals surface area contributed by atoms with Gasteiger partial charge in [0.25, 0.3) is 0 Å². The lowest BCUT2D eigenvalue weighted by Crippen LogP contribution is -2.38. The van der Waals surface area contributed by atoms with Crippen LogP contribution in [-0.4, -0.2) is 27.5 Å². The van der Waals surface area contributed by atoms with E-state index in [4.69, 9.17) is 5.73 Å². The van der Waals surface area contributed by atoms with Gasteiger partial charge in [0.2, 0.25) is 0 Å². The number of imidazole rings is 1. The summed E-state index contributed by atoms with van der Waals surface area (Å²) in [5.74, 6) is 0. The highest BCUT2D eigenvalue weighted by Crippen LogP contribution is 2.28. The van der Waals surface area contributed by atoms with Gasteiger partial charge in [0.1, 0.15) is 0 Å². The molecule has 0 aliphatic carbocycles. The minimum atomic E-state index is 0.239. The van der Waals surface area contributed by atoms with Crippen LogP contribution in [0.4, 0.5) is 0 Å². The third-order valence-corrected chi connectivity index (χ3v) is 4.42. The fraction of sp³-hybridized carbons (Fsp3) is 0.471. The van der Waals surface area contributed by atoms with Crippen molar-refractivity contribution in [1.29, 1.82) is 0 Å². The molecule has 112 valence electrons. The predicted molar refractivity (Wildman–Crippen MR) is 85.0 cm³/mol. The predicted octanol–water partition coefficient (Wildman–Crippen LogP) is 2.52. The molecular weight excluding hydrogens is 260 g/mol. The third kappa shape index (κ3) is 2.74. The van der Waals surface area contributed by atoms with Gasteiger partial charge in [0.05, 0.1) is 18.1 Å². The van der Waals surface area contributed by atoms with Crippen molar-refractivity contribution in [3.63, 3.8) is 0 Å². The van der Waals surface area contributed by atoms with E-state index in [-0.39, 0.29) is 6.04 Å². The summed E-state index contributed by atoms with van der Waals surface area (Å²) in [5, 5.41) is 0. The lowest BCUT2D eigenvalue weighted by atomic mass is 9.98. The molecule has 4 heteroatoms. The molecular formula is C17H24N4. The van der Waals surface area contributed by atoms with Crippen LogP contribution in [0.5, 0.6) is 0 Å². The van der Waals surface area contributed by atoms with Crippen molar-refractivity contribution >= 4 is 0 Å². The van der Waals surface area contributed by atoms with Crippen molar-refractivity contribution < 1.29 is 0 Å². The maximum absolute atomic E-state index is 6.10. The van der Waals surface area contributed by atoms with Crippen molar-refractivity contribution in [3.8, 4) is 0 Å². The number of hydrogen-bond acceptors (Lipinski definition) is 3. The Morgan fingerprint density at radius 2 is 2.00 bits per heavy atom. The maximum Gasteiger partial charge on any atom is 0.0951 e. The molecule has 1 aromatic carbocycles.